The topological polar surface area (TPSA) is 81.4 Å². The highest BCUT2D eigenvalue weighted by molar-refractivity contribution is 7.88. The van der Waals surface area contributed by atoms with Crippen LogP contribution in [0, 0.1) is 0 Å². The van der Waals surface area contributed by atoms with Crippen LogP contribution in [0.5, 0.6) is 5.75 Å². The predicted molar refractivity (Wildman–Crippen MR) is 62.8 cm³/mol. The molecule has 0 saturated carbocycles. The van der Waals surface area contributed by atoms with Gasteiger partial charge in [0.25, 0.3) is 0 Å². The fraction of sp³-hybridized carbons (Fsp3) is 0.400. The Bertz CT molecular complexity index is 476. The summed E-state index contributed by atoms with van der Waals surface area (Å²) in [4.78, 5) is 0. The van der Waals surface area contributed by atoms with Gasteiger partial charge in [0.15, 0.2) is 0 Å². The number of sulfonamides is 1. The Morgan fingerprint density at radius 3 is 2.33 bits per heavy atom. The summed E-state index contributed by atoms with van der Waals surface area (Å²) in [5.74, 6) is 0.0250. The Labute approximate surface area is 104 Å². The van der Waals surface area contributed by atoms with Crippen LogP contribution < -0.4 is 15.2 Å². The van der Waals surface area contributed by atoms with Crippen LogP contribution in [0.25, 0.3) is 0 Å². The Hall–Kier alpha value is -1.25. The number of nitrogens with two attached hydrogens (primary N) is 1. The molecule has 8 heteroatoms. The molecule has 0 aliphatic heterocycles. The van der Waals surface area contributed by atoms with Crippen molar-refractivity contribution in [2.45, 2.75) is 12.7 Å². The maximum absolute atomic E-state index is 11.9. The molecule has 1 rings (SSSR count). The standard InChI is InChI=1S/C10H14F2N2O3S/c1-18(15,16)14-6-9(13)7-2-4-8(5-3-7)17-10(11)12/h2-5,9-10,14H,6,13H2,1H3. The third-order valence-corrected chi connectivity index (χ3v) is 2.79. The van der Waals surface area contributed by atoms with Gasteiger partial charge in [-0.05, 0) is 17.7 Å². The minimum absolute atomic E-state index is 0.0250. The third kappa shape index (κ3) is 5.39. The van der Waals surface area contributed by atoms with E-state index >= 15 is 0 Å². The van der Waals surface area contributed by atoms with Crippen molar-refractivity contribution in [2.24, 2.45) is 5.73 Å². The number of halogens is 2. The molecule has 0 fully saturated rings. The molecule has 3 N–H and O–H groups in total. The Morgan fingerprint density at radius 1 is 1.33 bits per heavy atom. The number of alkyl halides is 2. The Kier molecular flexibility index (Phi) is 5.00. The summed E-state index contributed by atoms with van der Waals surface area (Å²) in [7, 11) is -3.31. The summed E-state index contributed by atoms with van der Waals surface area (Å²) in [6, 6.07) is 5.16. The monoisotopic (exact) mass is 280 g/mol. The van der Waals surface area contributed by atoms with Crippen molar-refractivity contribution in [3.05, 3.63) is 29.8 Å². The lowest BCUT2D eigenvalue weighted by Crippen LogP contribution is -2.31. The fourth-order valence-corrected chi connectivity index (χ4v) is 1.74. The Balaban J connectivity index is 2.61. The predicted octanol–water partition coefficient (Wildman–Crippen LogP) is 0.837. The van der Waals surface area contributed by atoms with E-state index in [9.17, 15) is 17.2 Å². The zero-order valence-corrected chi connectivity index (χ0v) is 10.5. The highest BCUT2D eigenvalue weighted by Gasteiger charge is 2.10. The van der Waals surface area contributed by atoms with Gasteiger partial charge in [0.1, 0.15) is 5.75 Å². The van der Waals surface area contributed by atoms with Gasteiger partial charge in [0.2, 0.25) is 10.0 Å². The highest BCUT2D eigenvalue weighted by Crippen LogP contribution is 2.17. The van der Waals surface area contributed by atoms with Gasteiger partial charge in [0.05, 0.1) is 6.26 Å². The Morgan fingerprint density at radius 2 is 1.89 bits per heavy atom. The van der Waals surface area contributed by atoms with Gasteiger partial charge in [-0.15, -0.1) is 0 Å². The smallest absolute Gasteiger partial charge is 0.387 e. The van der Waals surface area contributed by atoms with E-state index in [1.165, 1.54) is 24.3 Å². The molecule has 0 radical (unpaired) electrons. The number of hydrogen-bond acceptors (Lipinski definition) is 4. The van der Waals surface area contributed by atoms with Crippen LogP contribution in [0.15, 0.2) is 24.3 Å². The van der Waals surface area contributed by atoms with Gasteiger partial charge >= 0.3 is 6.61 Å². The lowest BCUT2D eigenvalue weighted by molar-refractivity contribution is -0.0498. The maximum Gasteiger partial charge on any atom is 0.387 e. The first-order valence-electron chi connectivity index (χ1n) is 5.03. The molecule has 0 saturated heterocycles. The third-order valence-electron chi connectivity index (χ3n) is 2.10. The van der Waals surface area contributed by atoms with Crippen LogP contribution >= 0.6 is 0 Å². The number of benzene rings is 1. The zero-order chi connectivity index (χ0) is 13.8. The number of hydrogen-bond donors (Lipinski definition) is 2. The van der Waals surface area contributed by atoms with E-state index in [-0.39, 0.29) is 12.3 Å². The molecule has 0 aromatic heterocycles. The van der Waals surface area contributed by atoms with E-state index in [0.29, 0.717) is 5.56 Å². The molecule has 0 spiro atoms. The van der Waals surface area contributed by atoms with Crippen molar-refractivity contribution >= 4 is 10.0 Å². The maximum atomic E-state index is 11.9. The molecular weight excluding hydrogens is 266 g/mol. The first-order valence-corrected chi connectivity index (χ1v) is 6.92. The molecule has 0 aliphatic rings. The highest BCUT2D eigenvalue weighted by atomic mass is 32.2. The molecule has 1 aromatic carbocycles. The summed E-state index contributed by atoms with van der Waals surface area (Å²) < 4.78 is 52.0. The van der Waals surface area contributed by atoms with Crippen molar-refractivity contribution in [2.75, 3.05) is 12.8 Å². The molecule has 0 heterocycles. The van der Waals surface area contributed by atoms with E-state index in [2.05, 4.69) is 9.46 Å². The van der Waals surface area contributed by atoms with Crippen LogP contribution in [0.2, 0.25) is 0 Å². The van der Waals surface area contributed by atoms with Crippen molar-refractivity contribution in [1.82, 2.24) is 4.72 Å². The lowest BCUT2D eigenvalue weighted by atomic mass is 10.1. The second kappa shape index (κ2) is 6.07. The minimum Gasteiger partial charge on any atom is -0.435 e. The van der Waals surface area contributed by atoms with Gasteiger partial charge in [0, 0.05) is 12.6 Å². The summed E-state index contributed by atoms with van der Waals surface area (Å²) in [6.45, 7) is -2.84. The van der Waals surface area contributed by atoms with Gasteiger partial charge in [-0.3, -0.25) is 0 Å². The first kappa shape index (κ1) is 14.8. The van der Waals surface area contributed by atoms with Gasteiger partial charge in [-0.25, -0.2) is 13.1 Å². The van der Waals surface area contributed by atoms with Crippen LogP contribution in [0.4, 0.5) is 8.78 Å². The summed E-state index contributed by atoms with van der Waals surface area (Å²) in [6.07, 6.45) is 1.03. The SMILES string of the molecule is CS(=O)(=O)NCC(N)c1ccc(OC(F)F)cc1. The van der Waals surface area contributed by atoms with Crippen molar-refractivity contribution in [1.29, 1.82) is 0 Å². The second-order valence-electron chi connectivity index (χ2n) is 3.67. The van der Waals surface area contributed by atoms with Crippen molar-refractivity contribution in [3.63, 3.8) is 0 Å². The molecule has 0 bridgehead atoms. The molecule has 18 heavy (non-hydrogen) atoms. The van der Waals surface area contributed by atoms with Crippen molar-refractivity contribution < 1.29 is 21.9 Å². The van der Waals surface area contributed by atoms with Crippen molar-refractivity contribution in [3.8, 4) is 5.75 Å². The summed E-state index contributed by atoms with van der Waals surface area (Å²) >= 11 is 0. The molecule has 1 atom stereocenters. The molecule has 0 aliphatic carbocycles. The minimum atomic E-state index is -3.31. The lowest BCUT2D eigenvalue weighted by Gasteiger charge is -2.13. The second-order valence-corrected chi connectivity index (χ2v) is 5.51. The molecule has 1 unspecified atom stereocenters. The zero-order valence-electron chi connectivity index (χ0n) is 9.64. The normalized spacial score (nSPS) is 13.6. The van der Waals surface area contributed by atoms with E-state index < -0.39 is 22.7 Å². The quantitative estimate of drug-likeness (QED) is 0.809. The number of ether oxygens (including phenoxy) is 1. The van der Waals surface area contributed by atoms with E-state index in [1.54, 1.807) is 0 Å². The molecule has 102 valence electrons. The molecule has 0 amide bonds. The van der Waals surface area contributed by atoms with Gasteiger partial charge < -0.3 is 10.5 Å². The average molecular weight is 280 g/mol. The molecule has 1 aromatic rings. The number of nitrogens with one attached hydrogen (secondary N) is 1. The van der Waals surface area contributed by atoms with Crippen LogP contribution in [-0.2, 0) is 10.0 Å². The molecular formula is C10H14F2N2O3S. The first-order chi connectivity index (χ1) is 8.28. The van der Waals surface area contributed by atoms with Crippen LogP contribution in [-0.4, -0.2) is 27.8 Å². The average Bonchev–Trinajstić information content (AvgIpc) is 2.25. The van der Waals surface area contributed by atoms with Crippen LogP contribution in [0.1, 0.15) is 11.6 Å². The van der Waals surface area contributed by atoms with E-state index in [4.69, 9.17) is 5.73 Å². The fourth-order valence-electron chi connectivity index (χ4n) is 1.26. The van der Waals surface area contributed by atoms with E-state index in [1.807, 2.05) is 0 Å². The van der Waals surface area contributed by atoms with Gasteiger partial charge in [-0.2, -0.15) is 8.78 Å². The summed E-state index contributed by atoms with van der Waals surface area (Å²) in [5.41, 5.74) is 6.36. The van der Waals surface area contributed by atoms with Crippen LogP contribution in [0.3, 0.4) is 0 Å². The largest absolute Gasteiger partial charge is 0.435 e. The number of rotatable bonds is 6. The van der Waals surface area contributed by atoms with Gasteiger partial charge in [-0.1, -0.05) is 12.1 Å². The van der Waals surface area contributed by atoms with E-state index in [0.717, 1.165) is 6.26 Å². The molecule has 5 nitrogen and oxygen atoms in total. The summed E-state index contributed by atoms with van der Waals surface area (Å²) in [5, 5.41) is 0.